The molecule has 2 heterocycles. The van der Waals surface area contributed by atoms with E-state index < -0.39 is 0 Å². The third kappa shape index (κ3) is 5.53. The maximum absolute atomic E-state index is 11.8. The molecule has 3 aromatic rings. The van der Waals surface area contributed by atoms with Crippen LogP contribution in [0.2, 0.25) is 0 Å². The molecule has 1 aliphatic heterocycles. The summed E-state index contributed by atoms with van der Waals surface area (Å²) >= 11 is 0. The van der Waals surface area contributed by atoms with Crippen molar-refractivity contribution in [2.75, 3.05) is 39.3 Å². The Morgan fingerprint density at radius 3 is 2.27 bits per heavy atom. The van der Waals surface area contributed by atoms with Gasteiger partial charge in [0.15, 0.2) is 5.75 Å². The quantitative estimate of drug-likeness (QED) is 0.512. The predicted molar refractivity (Wildman–Crippen MR) is 128 cm³/mol. The van der Waals surface area contributed by atoms with Gasteiger partial charge in [-0.15, -0.1) is 0 Å². The van der Waals surface area contributed by atoms with E-state index in [4.69, 9.17) is 9.84 Å². The van der Waals surface area contributed by atoms with E-state index in [0.29, 0.717) is 31.9 Å². The molecule has 2 N–H and O–H groups in total. The molecule has 0 unspecified atom stereocenters. The number of hydrogen-bond donors (Lipinski definition) is 2. The number of amides is 1. The van der Waals surface area contributed by atoms with Gasteiger partial charge < -0.3 is 14.7 Å². The highest BCUT2D eigenvalue weighted by Crippen LogP contribution is 2.37. The second-order valence-electron chi connectivity index (χ2n) is 7.94. The average molecular weight is 450 g/mol. The first-order chi connectivity index (χ1) is 16.2. The minimum atomic E-state index is -0.238. The number of nitrogens with zero attached hydrogens (tertiary/aromatic N) is 4. The van der Waals surface area contributed by atoms with Crippen LogP contribution in [0, 0.1) is 0 Å². The van der Waals surface area contributed by atoms with E-state index in [-0.39, 0.29) is 11.8 Å². The first-order valence-electron chi connectivity index (χ1n) is 11.5. The normalized spacial score (nSPS) is 14.4. The molecule has 33 heavy (non-hydrogen) atoms. The molecule has 0 saturated carbocycles. The molecule has 174 valence electrons. The highest BCUT2D eigenvalue weighted by atomic mass is 16.6. The number of ether oxygens (including phenoxy) is 1. The Labute approximate surface area is 194 Å². The Morgan fingerprint density at radius 2 is 1.64 bits per heavy atom. The van der Waals surface area contributed by atoms with E-state index in [0.717, 1.165) is 42.9 Å². The standard InChI is InChI=1S/C25H31N5O3/c1-2-33-25(32)28-16-18-29(19-17-28)26-14-9-15-30-23(21-12-7-4-8-13-21)24(31)22(27-30)20-10-5-3-6-11-20/h3-8,10-13,26,31H,2,9,14-19H2,1H3. The maximum atomic E-state index is 11.8. The summed E-state index contributed by atoms with van der Waals surface area (Å²) in [6.07, 6.45) is 0.603. The van der Waals surface area contributed by atoms with Gasteiger partial charge in [-0.05, 0) is 13.3 Å². The summed E-state index contributed by atoms with van der Waals surface area (Å²) in [7, 11) is 0. The molecule has 0 aliphatic carbocycles. The number of nitrogens with one attached hydrogen (secondary N) is 1. The van der Waals surface area contributed by atoms with Crippen LogP contribution in [0.3, 0.4) is 0 Å². The smallest absolute Gasteiger partial charge is 0.409 e. The second kappa shape index (κ2) is 11.0. The van der Waals surface area contributed by atoms with Crippen molar-refractivity contribution in [3.05, 3.63) is 60.7 Å². The molecule has 4 rings (SSSR count). The fraction of sp³-hybridized carbons (Fsp3) is 0.360. The fourth-order valence-corrected chi connectivity index (χ4v) is 4.01. The van der Waals surface area contributed by atoms with Gasteiger partial charge in [-0.2, -0.15) is 5.10 Å². The van der Waals surface area contributed by atoms with Gasteiger partial charge in [-0.1, -0.05) is 60.7 Å². The number of hydrogen-bond acceptors (Lipinski definition) is 6. The van der Waals surface area contributed by atoms with Crippen LogP contribution in [0.1, 0.15) is 13.3 Å². The van der Waals surface area contributed by atoms with Gasteiger partial charge in [0, 0.05) is 50.4 Å². The van der Waals surface area contributed by atoms with Crippen molar-refractivity contribution >= 4 is 6.09 Å². The number of piperazine rings is 1. The first kappa shape index (κ1) is 22.8. The van der Waals surface area contributed by atoms with Crippen molar-refractivity contribution in [2.24, 2.45) is 0 Å². The Kier molecular flexibility index (Phi) is 7.59. The van der Waals surface area contributed by atoms with Gasteiger partial charge in [-0.25, -0.2) is 9.80 Å². The third-order valence-corrected chi connectivity index (χ3v) is 5.71. The van der Waals surface area contributed by atoms with E-state index in [9.17, 15) is 9.90 Å². The van der Waals surface area contributed by atoms with Crippen LogP contribution in [0.25, 0.3) is 22.5 Å². The average Bonchev–Trinajstić information content (AvgIpc) is 3.19. The largest absolute Gasteiger partial charge is 0.504 e. The van der Waals surface area contributed by atoms with Crippen molar-refractivity contribution in [3.8, 4) is 28.3 Å². The highest BCUT2D eigenvalue weighted by Gasteiger charge is 2.22. The summed E-state index contributed by atoms with van der Waals surface area (Å²) < 4.78 is 6.97. The van der Waals surface area contributed by atoms with E-state index in [1.807, 2.05) is 72.3 Å². The Morgan fingerprint density at radius 1 is 1.00 bits per heavy atom. The van der Waals surface area contributed by atoms with Gasteiger partial charge in [0.1, 0.15) is 11.4 Å². The lowest BCUT2D eigenvalue weighted by Gasteiger charge is -2.34. The van der Waals surface area contributed by atoms with Gasteiger partial charge in [0.2, 0.25) is 0 Å². The lowest BCUT2D eigenvalue weighted by Crippen LogP contribution is -2.53. The van der Waals surface area contributed by atoms with E-state index in [1.165, 1.54) is 0 Å². The molecule has 1 saturated heterocycles. The zero-order valence-corrected chi connectivity index (χ0v) is 19.0. The molecule has 1 fully saturated rings. The van der Waals surface area contributed by atoms with Crippen molar-refractivity contribution in [1.82, 2.24) is 25.1 Å². The van der Waals surface area contributed by atoms with Crippen LogP contribution < -0.4 is 5.43 Å². The molecule has 1 aromatic heterocycles. The monoisotopic (exact) mass is 449 g/mol. The zero-order chi connectivity index (χ0) is 23.0. The topological polar surface area (TPSA) is 82.9 Å². The van der Waals surface area contributed by atoms with Crippen molar-refractivity contribution < 1.29 is 14.6 Å². The third-order valence-electron chi connectivity index (χ3n) is 5.71. The molecule has 2 aromatic carbocycles. The Bertz CT molecular complexity index is 1030. The van der Waals surface area contributed by atoms with Gasteiger partial charge in [0.05, 0.1) is 6.61 Å². The molecule has 1 aliphatic rings. The van der Waals surface area contributed by atoms with Crippen LogP contribution in [0.5, 0.6) is 5.75 Å². The lowest BCUT2D eigenvalue weighted by atomic mass is 10.1. The van der Waals surface area contributed by atoms with Crippen molar-refractivity contribution in [2.45, 2.75) is 19.9 Å². The number of carbonyl (C=O) groups is 1. The van der Waals surface area contributed by atoms with Crippen molar-refractivity contribution in [3.63, 3.8) is 0 Å². The molecule has 0 radical (unpaired) electrons. The van der Waals surface area contributed by atoms with Gasteiger partial charge in [0.25, 0.3) is 0 Å². The Balaban J connectivity index is 1.38. The SMILES string of the molecule is CCOC(=O)N1CCN(NCCCn2nc(-c3ccccc3)c(O)c2-c2ccccc2)CC1. The minimum absolute atomic E-state index is 0.204. The van der Waals surface area contributed by atoms with E-state index >= 15 is 0 Å². The predicted octanol–water partition coefficient (Wildman–Crippen LogP) is 3.59. The number of aromatic nitrogens is 2. The molecule has 0 bridgehead atoms. The highest BCUT2D eigenvalue weighted by molar-refractivity contribution is 5.78. The molecule has 1 amide bonds. The maximum Gasteiger partial charge on any atom is 0.409 e. The minimum Gasteiger partial charge on any atom is -0.504 e. The van der Waals surface area contributed by atoms with Crippen LogP contribution >= 0.6 is 0 Å². The van der Waals surface area contributed by atoms with Gasteiger partial charge >= 0.3 is 6.09 Å². The lowest BCUT2D eigenvalue weighted by molar-refractivity contribution is 0.0626. The molecular weight excluding hydrogens is 418 g/mol. The summed E-state index contributed by atoms with van der Waals surface area (Å²) in [5.74, 6) is 0.204. The zero-order valence-electron chi connectivity index (χ0n) is 19.0. The van der Waals surface area contributed by atoms with Gasteiger partial charge in [-0.3, -0.25) is 10.1 Å². The summed E-state index contributed by atoms with van der Waals surface area (Å²) in [6, 6.07) is 19.6. The fourth-order valence-electron chi connectivity index (χ4n) is 4.01. The van der Waals surface area contributed by atoms with Crippen LogP contribution in [0.4, 0.5) is 4.79 Å². The second-order valence-corrected chi connectivity index (χ2v) is 7.94. The van der Waals surface area contributed by atoms with E-state index in [2.05, 4.69) is 10.4 Å². The van der Waals surface area contributed by atoms with Crippen LogP contribution in [0.15, 0.2) is 60.7 Å². The van der Waals surface area contributed by atoms with E-state index in [1.54, 1.807) is 4.90 Å². The summed E-state index contributed by atoms with van der Waals surface area (Å²) in [5.41, 5.74) is 6.61. The number of benzene rings is 2. The summed E-state index contributed by atoms with van der Waals surface area (Å²) in [4.78, 5) is 13.6. The summed E-state index contributed by atoms with van der Waals surface area (Å²) in [6.45, 7) is 6.48. The van der Waals surface area contributed by atoms with Crippen LogP contribution in [-0.2, 0) is 11.3 Å². The van der Waals surface area contributed by atoms with Crippen molar-refractivity contribution in [1.29, 1.82) is 0 Å². The molecule has 8 heteroatoms. The number of rotatable bonds is 8. The molecule has 8 nitrogen and oxygen atoms in total. The Hall–Kier alpha value is -3.36. The number of aryl methyl sites for hydroxylation is 1. The number of aromatic hydroxyl groups is 1. The molecule has 0 atom stereocenters. The molecule has 0 spiro atoms. The number of hydrazine groups is 1. The number of carbonyl (C=O) groups excluding carboxylic acids is 1. The molecular formula is C25H31N5O3. The van der Waals surface area contributed by atoms with Crippen LogP contribution in [-0.4, -0.2) is 70.2 Å². The first-order valence-corrected chi connectivity index (χ1v) is 11.5. The summed E-state index contributed by atoms with van der Waals surface area (Å²) in [5, 5.41) is 17.9.